The lowest BCUT2D eigenvalue weighted by Gasteiger charge is -2.48. The number of methoxy groups -OCH3 is 1. The van der Waals surface area contributed by atoms with E-state index in [1.165, 1.54) is 19.4 Å². The van der Waals surface area contributed by atoms with E-state index in [0.29, 0.717) is 0 Å². The Bertz CT molecular complexity index is 134. The van der Waals surface area contributed by atoms with E-state index in [9.17, 15) is 5.11 Å². The summed E-state index contributed by atoms with van der Waals surface area (Å²) < 4.78 is 6.16. The molecule has 0 amide bonds. The minimum atomic E-state index is -0.0614. The molecule has 3 nitrogen and oxygen atoms in total. The SMILES string of the molecule is CCCC[N+]1(CCOC)CC(O)C1. The van der Waals surface area contributed by atoms with Gasteiger partial charge < -0.3 is 14.3 Å². The van der Waals surface area contributed by atoms with Crippen molar-refractivity contribution in [3.63, 3.8) is 0 Å². The number of ether oxygens (including phenoxy) is 1. The Morgan fingerprint density at radius 2 is 2.08 bits per heavy atom. The Labute approximate surface area is 80.9 Å². The fourth-order valence-electron chi connectivity index (χ4n) is 2.10. The summed E-state index contributed by atoms with van der Waals surface area (Å²) in [5.41, 5.74) is 0. The fraction of sp³-hybridized carbons (Fsp3) is 1.00. The number of hydrogen-bond acceptors (Lipinski definition) is 2. The largest absolute Gasteiger partial charge is 0.382 e. The first kappa shape index (κ1) is 11.0. The zero-order valence-electron chi connectivity index (χ0n) is 8.83. The van der Waals surface area contributed by atoms with Gasteiger partial charge in [-0.2, -0.15) is 0 Å². The zero-order valence-corrected chi connectivity index (χ0v) is 8.83. The van der Waals surface area contributed by atoms with Crippen LogP contribution >= 0.6 is 0 Å². The number of quaternary nitrogens is 1. The van der Waals surface area contributed by atoms with Gasteiger partial charge in [-0.1, -0.05) is 13.3 Å². The molecule has 1 heterocycles. The Kier molecular flexibility index (Phi) is 4.16. The lowest BCUT2D eigenvalue weighted by atomic mass is 10.1. The minimum absolute atomic E-state index is 0.0614. The highest BCUT2D eigenvalue weighted by atomic mass is 16.5. The molecule has 78 valence electrons. The summed E-state index contributed by atoms with van der Waals surface area (Å²) in [5, 5.41) is 9.33. The van der Waals surface area contributed by atoms with Crippen LogP contribution in [0.2, 0.25) is 0 Å². The van der Waals surface area contributed by atoms with Crippen molar-refractivity contribution in [1.29, 1.82) is 0 Å². The summed E-state index contributed by atoms with van der Waals surface area (Å²) in [6, 6.07) is 0. The molecule has 0 spiro atoms. The van der Waals surface area contributed by atoms with Crippen LogP contribution in [0.25, 0.3) is 0 Å². The van der Waals surface area contributed by atoms with Gasteiger partial charge in [-0.05, 0) is 6.42 Å². The quantitative estimate of drug-likeness (QED) is 0.619. The van der Waals surface area contributed by atoms with Gasteiger partial charge in [-0.15, -0.1) is 0 Å². The van der Waals surface area contributed by atoms with Crippen LogP contribution in [0.4, 0.5) is 0 Å². The summed E-state index contributed by atoms with van der Waals surface area (Å²) in [7, 11) is 1.74. The third kappa shape index (κ3) is 2.93. The Hall–Kier alpha value is -0.120. The van der Waals surface area contributed by atoms with Crippen molar-refractivity contribution in [2.24, 2.45) is 0 Å². The summed E-state index contributed by atoms with van der Waals surface area (Å²) in [6.07, 6.45) is 2.44. The van der Waals surface area contributed by atoms with Crippen molar-refractivity contribution < 1.29 is 14.3 Å². The second-order valence-electron chi connectivity index (χ2n) is 4.15. The highest BCUT2D eigenvalue weighted by Crippen LogP contribution is 2.21. The monoisotopic (exact) mass is 188 g/mol. The van der Waals surface area contributed by atoms with Crippen LogP contribution in [0.5, 0.6) is 0 Å². The Balaban J connectivity index is 2.27. The van der Waals surface area contributed by atoms with E-state index < -0.39 is 0 Å². The molecule has 13 heavy (non-hydrogen) atoms. The summed E-state index contributed by atoms with van der Waals surface area (Å²) in [5.74, 6) is 0. The smallest absolute Gasteiger partial charge is 0.152 e. The van der Waals surface area contributed by atoms with Gasteiger partial charge in [0.15, 0.2) is 6.10 Å². The molecule has 0 radical (unpaired) electrons. The molecule has 0 aromatic rings. The second-order valence-corrected chi connectivity index (χ2v) is 4.15. The summed E-state index contributed by atoms with van der Waals surface area (Å²) in [6.45, 7) is 7.16. The van der Waals surface area contributed by atoms with E-state index in [0.717, 1.165) is 30.7 Å². The van der Waals surface area contributed by atoms with Gasteiger partial charge in [0, 0.05) is 7.11 Å². The Morgan fingerprint density at radius 1 is 1.38 bits per heavy atom. The minimum Gasteiger partial charge on any atom is -0.382 e. The number of nitrogens with zero attached hydrogens (tertiary/aromatic N) is 1. The Morgan fingerprint density at radius 3 is 2.54 bits per heavy atom. The first-order chi connectivity index (χ1) is 6.22. The highest BCUT2D eigenvalue weighted by molar-refractivity contribution is 4.67. The number of aliphatic hydroxyl groups excluding tert-OH is 1. The first-order valence-electron chi connectivity index (χ1n) is 5.24. The van der Waals surface area contributed by atoms with E-state index in [2.05, 4.69) is 6.92 Å². The third-order valence-corrected chi connectivity index (χ3v) is 2.95. The van der Waals surface area contributed by atoms with Crippen molar-refractivity contribution in [2.45, 2.75) is 25.9 Å². The van der Waals surface area contributed by atoms with Crippen molar-refractivity contribution in [3.05, 3.63) is 0 Å². The zero-order chi connectivity index (χ0) is 9.73. The molecular weight excluding hydrogens is 166 g/mol. The predicted molar refractivity (Wildman–Crippen MR) is 52.5 cm³/mol. The lowest BCUT2D eigenvalue weighted by Crippen LogP contribution is -2.67. The van der Waals surface area contributed by atoms with Crippen molar-refractivity contribution in [2.75, 3.05) is 39.9 Å². The molecule has 1 saturated heterocycles. The molecule has 0 unspecified atom stereocenters. The predicted octanol–water partition coefficient (Wildman–Crippen LogP) is 0.624. The maximum atomic E-state index is 9.33. The van der Waals surface area contributed by atoms with Crippen LogP contribution in [0.15, 0.2) is 0 Å². The van der Waals surface area contributed by atoms with Crippen LogP contribution in [0.3, 0.4) is 0 Å². The molecule has 1 aliphatic rings. The van der Waals surface area contributed by atoms with Gasteiger partial charge in [-0.25, -0.2) is 0 Å². The molecule has 1 N–H and O–H groups in total. The molecule has 0 bridgehead atoms. The van der Waals surface area contributed by atoms with Crippen molar-refractivity contribution >= 4 is 0 Å². The van der Waals surface area contributed by atoms with E-state index >= 15 is 0 Å². The van der Waals surface area contributed by atoms with Crippen molar-refractivity contribution in [3.8, 4) is 0 Å². The van der Waals surface area contributed by atoms with Crippen LogP contribution in [0.1, 0.15) is 19.8 Å². The number of likely N-dealkylation sites (tertiary alicyclic amines) is 1. The molecular formula is C10H22NO2+. The third-order valence-electron chi connectivity index (χ3n) is 2.95. The number of hydrogen-bond donors (Lipinski definition) is 1. The molecule has 0 aliphatic carbocycles. The highest BCUT2D eigenvalue weighted by Gasteiger charge is 2.41. The molecule has 1 rings (SSSR count). The van der Waals surface area contributed by atoms with E-state index in [1.54, 1.807) is 7.11 Å². The molecule has 0 aromatic heterocycles. The van der Waals surface area contributed by atoms with Crippen LogP contribution in [-0.2, 0) is 4.74 Å². The number of rotatable bonds is 6. The van der Waals surface area contributed by atoms with E-state index in [4.69, 9.17) is 4.74 Å². The van der Waals surface area contributed by atoms with Gasteiger partial charge in [0.05, 0.1) is 13.2 Å². The first-order valence-corrected chi connectivity index (χ1v) is 5.24. The van der Waals surface area contributed by atoms with E-state index in [1.807, 2.05) is 0 Å². The fourth-order valence-corrected chi connectivity index (χ4v) is 2.10. The van der Waals surface area contributed by atoms with Gasteiger partial charge in [0.1, 0.15) is 19.6 Å². The normalized spacial score (nSPS) is 33.0. The molecule has 0 saturated carbocycles. The van der Waals surface area contributed by atoms with Crippen molar-refractivity contribution in [1.82, 2.24) is 0 Å². The second kappa shape index (κ2) is 4.94. The standard InChI is InChI=1S/C10H22NO2/c1-3-4-5-11(6-7-13-2)8-10(12)9-11/h10,12H,3-9H2,1-2H3/q+1. The summed E-state index contributed by atoms with van der Waals surface area (Å²) >= 11 is 0. The van der Waals surface area contributed by atoms with Gasteiger partial charge >= 0.3 is 0 Å². The topological polar surface area (TPSA) is 29.5 Å². The van der Waals surface area contributed by atoms with Gasteiger partial charge in [0.25, 0.3) is 0 Å². The van der Waals surface area contributed by atoms with Gasteiger partial charge in [-0.3, -0.25) is 0 Å². The molecule has 3 heteroatoms. The maximum Gasteiger partial charge on any atom is 0.152 e. The van der Waals surface area contributed by atoms with Gasteiger partial charge in [0.2, 0.25) is 0 Å². The average Bonchev–Trinajstić information content (AvgIpc) is 2.08. The average molecular weight is 188 g/mol. The molecule has 0 aromatic carbocycles. The maximum absolute atomic E-state index is 9.33. The van der Waals surface area contributed by atoms with Crippen LogP contribution in [-0.4, -0.2) is 55.6 Å². The van der Waals surface area contributed by atoms with Crippen LogP contribution < -0.4 is 0 Å². The lowest BCUT2D eigenvalue weighted by molar-refractivity contribution is -0.972. The van der Waals surface area contributed by atoms with E-state index in [-0.39, 0.29) is 6.10 Å². The molecule has 1 fully saturated rings. The number of unbranched alkanes of at least 4 members (excludes halogenated alkanes) is 1. The van der Waals surface area contributed by atoms with Crippen LogP contribution in [0, 0.1) is 0 Å². The molecule has 1 aliphatic heterocycles. The molecule has 0 atom stereocenters. The number of aliphatic hydroxyl groups is 1. The summed E-state index contributed by atoms with van der Waals surface area (Å²) in [4.78, 5) is 0.